The first-order valence-corrected chi connectivity index (χ1v) is 8.71. The SMILES string of the molecule is CN(c1ccc(F)cc1NC(=O)c1ccc(Cl)cc1)S(C)(=O)=O. The van der Waals surface area contributed by atoms with Gasteiger partial charge in [0.2, 0.25) is 10.0 Å². The van der Waals surface area contributed by atoms with Gasteiger partial charge in [0.05, 0.1) is 17.6 Å². The topological polar surface area (TPSA) is 66.5 Å². The molecule has 1 amide bonds. The van der Waals surface area contributed by atoms with Crippen LogP contribution in [0.5, 0.6) is 0 Å². The third kappa shape index (κ3) is 4.20. The molecule has 0 bridgehead atoms. The molecular formula is C15H14ClFN2O3S. The average molecular weight is 357 g/mol. The predicted octanol–water partition coefficient (Wildman–Crippen LogP) is 3.13. The number of hydrogen-bond donors (Lipinski definition) is 1. The average Bonchev–Trinajstić information content (AvgIpc) is 2.46. The number of hydrogen-bond acceptors (Lipinski definition) is 3. The van der Waals surface area contributed by atoms with Crippen LogP contribution < -0.4 is 9.62 Å². The second-order valence-corrected chi connectivity index (χ2v) is 7.30. The Balaban J connectivity index is 2.37. The molecule has 0 aliphatic carbocycles. The predicted molar refractivity (Wildman–Crippen MR) is 89.1 cm³/mol. The summed E-state index contributed by atoms with van der Waals surface area (Å²) in [6, 6.07) is 9.58. The van der Waals surface area contributed by atoms with E-state index in [1.165, 1.54) is 25.2 Å². The van der Waals surface area contributed by atoms with Crippen molar-refractivity contribution in [1.29, 1.82) is 0 Å². The van der Waals surface area contributed by atoms with E-state index in [-0.39, 0.29) is 11.4 Å². The van der Waals surface area contributed by atoms with Crippen LogP contribution in [0.25, 0.3) is 0 Å². The Hall–Kier alpha value is -2.12. The minimum absolute atomic E-state index is 0.0536. The highest BCUT2D eigenvalue weighted by atomic mass is 35.5. The van der Waals surface area contributed by atoms with Crippen LogP contribution in [0.4, 0.5) is 15.8 Å². The maximum atomic E-state index is 13.5. The number of benzene rings is 2. The molecule has 8 heteroatoms. The quantitative estimate of drug-likeness (QED) is 0.915. The lowest BCUT2D eigenvalue weighted by Crippen LogP contribution is -2.26. The molecule has 0 unspecified atom stereocenters. The molecule has 0 saturated carbocycles. The molecule has 0 aliphatic heterocycles. The van der Waals surface area contributed by atoms with Gasteiger partial charge in [0.25, 0.3) is 5.91 Å². The Morgan fingerprint density at radius 2 is 1.78 bits per heavy atom. The van der Waals surface area contributed by atoms with E-state index in [1.807, 2.05) is 0 Å². The Bertz CT molecular complexity index is 838. The molecular weight excluding hydrogens is 343 g/mol. The lowest BCUT2D eigenvalue weighted by molar-refractivity contribution is 0.102. The van der Waals surface area contributed by atoms with Crippen LogP contribution in [0.3, 0.4) is 0 Å². The van der Waals surface area contributed by atoms with Gasteiger partial charge >= 0.3 is 0 Å². The summed E-state index contributed by atoms with van der Waals surface area (Å²) in [7, 11) is -2.24. The standard InChI is InChI=1S/C15H14ClFN2O3S/c1-19(23(2,21)22)14-8-7-12(17)9-13(14)18-15(20)10-3-5-11(16)6-4-10/h3-9H,1-2H3,(H,18,20). The lowest BCUT2D eigenvalue weighted by Gasteiger charge is -2.20. The summed E-state index contributed by atoms with van der Waals surface area (Å²) in [6.07, 6.45) is 1.02. The van der Waals surface area contributed by atoms with Crippen molar-refractivity contribution in [3.63, 3.8) is 0 Å². The van der Waals surface area contributed by atoms with E-state index in [0.717, 1.165) is 22.7 Å². The number of nitrogens with zero attached hydrogens (tertiary/aromatic N) is 1. The van der Waals surface area contributed by atoms with Gasteiger partial charge in [-0.3, -0.25) is 9.10 Å². The normalized spacial score (nSPS) is 11.1. The fourth-order valence-electron chi connectivity index (χ4n) is 1.86. The van der Waals surface area contributed by atoms with Gasteiger partial charge in [0.1, 0.15) is 5.82 Å². The van der Waals surface area contributed by atoms with Crippen LogP contribution in [0.2, 0.25) is 5.02 Å². The number of nitrogens with one attached hydrogen (secondary N) is 1. The summed E-state index contributed by atoms with van der Waals surface area (Å²) in [5.74, 6) is -1.10. The largest absolute Gasteiger partial charge is 0.320 e. The molecule has 0 aliphatic rings. The molecule has 1 N–H and O–H groups in total. The second kappa shape index (κ2) is 6.55. The Morgan fingerprint density at radius 3 is 2.35 bits per heavy atom. The summed E-state index contributed by atoms with van der Waals surface area (Å²) in [6.45, 7) is 0. The molecule has 0 atom stereocenters. The van der Waals surface area contributed by atoms with E-state index in [2.05, 4.69) is 5.32 Å². The van der Waals surface area contributed by atoms with E-state index < -0.39 is 21.7 Å². The third-order valence-electron chi connectivity index (χ3n) is 3.15. The van der Waals surface area contributed by atoms with Crippen LogP contribution in [-0.2, 0) is 10.0 Å². The Kier molecular flexibility index (Phi) is 4.91. The van der Waals surface area contributed by atoms with Crippen LogP contribution >= 0.6 is 11.6 Å². The number of rotatable bonds is 4. The fourth-order valence-corrected chi connectivity index (χ4v) is 2.50. The van der Waals surface area contributed by atoms with E-state index in [0.29, 0.717) is 10.6 Å². The smallest absolute Gasteiger partial charge is 0.255 e. The molecule has 2 aromatic carbocycles. The summed E-state index contributed by atoms with van der Waals surface area (Å²) in [5, 5.41) is 2.99. The zero-order valence-corrected chi connectivity index (χ0v) is 14.0. The highest BCUT2D eigenvalue weighted by Gasteiger charge is 2.18. The Labute approximate surface area is 138 Å². The molecule has 0 saturated heterocycles. The number of carbonyl (C=O) groups excluding carboxylic acids is 1. The van der Waals surface area contributed by atoms with Crippen LogP contribution in [0, 0.1) is 5.82 Å². The van der Waals surface area contributed by atoms with Gasteiger partial charge in [-0.25, -0.2) is 12.8 Å². The molecule has 0 fully saturated rings. The molecule has 0 spiro atoms. The maximum absolute atomic E-state index is 13.5. The maximum Gasteiger partial charge on any atom is 0.255 e. The first-order valence-electron chi connectivity index (χ1n) is 6.49. The lowest BCUT2D eigenvalue weighted by atomic mass is 10.2. The van der Waals surface area contributed by atoms with Gasteiger partial charge in [-0.05, 0) is 42.5 Å². The van der Waals surface area contributed by atoms with Crippen molar-refractivity contribution in [2.75, 3.05) is 22.9 Å². The molecule has 0 radical (unpaired) electrons. The van der Waals surface area contributed by atoms with Crippen molar-refractivity contribution in [1.82, 2.24) is 0 Å². The zero-order valence-electron chi connectivity index (χ0n) is 12.4. The molecule has 2 rings (SSSR count). The molecule has 5 nitrogen and oxygen atoms in total. The van der Waals surface area contributed by atoms with Gasteiger partial charge < -0.3 is 5.32 Å². The van der Waals surface area contributed by atoms with E-state index in [4.69, 9.17) is 11.6 Å². The van der Waals surface area contributed by atoms with Crippen molar-refractivity contribution in [2.45, 2.75) is 0 Å². The van der Waals surface area contributed by atoms with Crippen LogP contribution in [0.1, 0.15) is 10.4 Å². The van der Waals surface area contributed by atoms with Crippen LogP contribution in [-0.4, -0.2) is 27.6 Å². The zero-order chi connectivity index (χ0) is 17.2. The fraction of sp³-hybridized carbons (Fsp3) is 0.133. The minimum atomic E-state index is -3.56. The van der Waals surface area contributed by atoms with Crippen molar-refractivity contribution < 1.29 is 17.6 Å². The highest BCUT2D eigenvalue weighted by molar-refractivity contribution is 7.92. The van der Waals surface area contributed by atoms with Gasteiger partial charge in [-0.1, -0.05) is 11.6 Å². The summed E-state index contributed by atoms with van der Waals surface area (Å²) in [5.41, 5.74) is 0.528. The van der Waals surface area contributed by atoms with E-state index >= 15 is 0 Å². The summed E-state index contributed by atoms with van der Waals surface area (Å²) in [4.78, 5) is 12.2. The monoisotopic (exact) mass is 356 g/mol. The van der Waals surface area contributed by atoms with Crippen molar-refractivity contribution >= 4 is 38.9 Å². The van der Waals surface area contributed by atoms with Crippen molar-refractivity contribution in [3.05, 3.63) is 58.9 Å². The van der Waals surface area contributed by atoms with Crippen molar-refractivity contribution in [2.24, 2.45) is 0 Å². The molecule has 0 aromatic heterocycles. The number of amides is 1. The molecule has 23 heavy (non-hydrogen) atoms. The van der Waals surface area contributed by atoms with E-state index in [1.54, 1.807) is 12.1 Å². The first kappa shape index (κ1) is 17.2. The summed E-state index contributed by atoms with van der Waals surface area (Å²) >= 11 is 5.76. The van der Waals surface area contributed by atoms with Gasteiger partial charge in [-0.2, -0.15) is 0 Å². The highest BCUT2D eigenvalue weighted by Crippen LogP contribution is 2.28. The molecule has 0 heterocycles. The van der Waals surface area contributed by atoms with Gasteiger partial charge in [-0.15, -0.1) is 0 Å². The third-order valence-corrected chi connectivity index (χ3v) is 4.59. The molecule has 2 aromatic rings. The minimum Gasteiger partial charge on any atom is -0.320 e. The summed E-state index contributed by atoms with van der Waals surface area (Å²) < 4.78 is 37.8. The first-order chi connectivity index (χ1) is 10.7. The Morgan fingerprint density at radius 1 is 1.17 bits per heavy atom. The number of sulfonamides is 1. The van der Waals surface area contributed by atoms with Gasteiger partial charge in [0, 0.05) is 17.6 Å². The molecule has 122 valence electrons. The number of carbonyl (C=O) groups is 1. The second-order valence-electron chi connectivity index (χ2n) is 4.85. The number of anilines is 2. The van der Waals surface area contributed by atoms with E-state index in [9.17, 15) is 17.6 Å². The number of halogens is 2. The van der Waals surface area contributed by atoms with Gasteiger partial charge in [0.15, 0.2) is 0 Å². The van der Waals surface area contributed by atoms with Crippen molar-refractivity contribution in [3.8, 4) is 0 Å². The van der Waals surface area contributed by atoms with Crippen LogP contribution in [0.15, 0.2) is 42.5 Å².